The van der Waals surface area contributed by atoms with Crippen molar-refractivity contribution >= 4 is 11.9 Å². The Kier molecular flexibility index (Phi) is 15.8. The molecule has 3 unspecified atom stereocenters. The van der Waals surface area contributed by atoms with E-state index < -0.39 is 17.8 Å². The summed E-state index contributed by atoms with van der Waals surface area (Å²) in [6, 6.07) is 0. The van der Waals surface area contributed by atoms with Gasteiger partial charge in [-0.3, -0.25) is 9.59 Å². The molecule has 0 bridgehead atoms. The first-order valence-electron chi connectivity index (χ1n) is 13.7. The molecule has 188 valence electrons. The van der Waals surface area contributed by atoms with E-state index in [0.29, 0.717) is 12.8 Å². The van der Waals surface area contributed by atoms with Crippen molar-refractivity contribution in [3.63, 3.8) is 0 Å². The number of carboxylic acids is 1. The van der Waals surface area contributed by atoms with E-state index in [-0.39, 0.29) is 12.1 Å². The van der Waals surface area contributed by atoms with E-state index >= 15 is 0 Å². The van der Waals surface area contributed by atoms with Crippen molar-refractivity contribution in [1.82, 2.24) is 0 Å². The lowest BCUT2D eigenvalue weighted by molar-refractivity contribution is -0.164. The second kappa shape index (κ2) is 17.4. The van der Waals surface area contributed by atoms with Gasteiger partial charge in [-0.15, -0.1) is 0 Å². The van der Waals surface area contributed by atoms with Crippen LogP contribution in [0.15, 0.2) is 0 Å². The second-order valence-corrected chi connectivity index (χ2v) is 11.0. The SMILES string of the molecule is CC(C)CCCCCCCCC(CCCCCC(C)C)OC(=O)C1CCCCC1C(=O)O. The van der Waals surface area contributed by atoms with E-state index in [9.17, 15) is 14.7 Å². The van der Waals surface area contributed by atoms with Gasteiger partial charge in [-0.2, -0.15) is 0 Å². The molecule has 0 aromatic rings. The predicted octanol–water partition coefficient (Wildman–Crippen LogP) is 8.17. The molecule has 3 atom stereocenters. The van der Waals surface area contributed by atoms with Crippen LogP contribution in [-0.4, -0.2) is 23.1 Å². The zero-order valence-corrected chi connectivity index (χ0v) is 21.6. The lowest BCUT2D eigenvalue weighted by atomic mass is 9.79. The van der Waals surface area contributed by atoms with Gasteiger partial charge in [0.05, 0.1) is 11.8 Å². The number of ether oxygens (including phenoxy) is 1. The van der Waals surface area contributed by atoms with Crippen LogP contribution < -0.4 is 0 Å². The molecular formula is C28H52O4. The summed E-state index contributed by atoms with van der Waals surface area (Å²) in [5.41, 5.74) is 0. The molecule has 0 saturated heterocycles. The molecule has 1 saturated carbocycles. The van der Waals surface area contributed by atoms with E-state index in [1.165, 1.54) is 57.8 Å². The largest absolute Gasteiger partial charge is 0.481 e. The van der Waals surface area contributed by atoms with Crippen molar-refractivity contribution in [2.75, 3.05) is 0 Å². The number of hydrogen-bond acceptors (Lipinski definition) is 3. The molecule has 1 aliphatic carbocycles. The molecule has 4 heteroatoms. The van der Waals surface area contributed by atoms with Crippen LogP contribution >= 0.6 is 0 Å². The Morgan fingerprint density at radius 3 is 1.56 bits per heavy atom. The Morgan fingerprint density at radius 1 is 0.688 bits per heavy atom. The van der Waals surface area contributed by atoms with E-state index in [2.05, 4.69) is 27.7 Å². The van der Waals surface area contributed by atoms with Gasteiger partial charge in [0.25, 0.3) is 0 Å². The smallest absolute Gasteiger partial charge is 0.310 e. The third-order valence-corrected chi connectivity index (χ3v) is 7.03. The topological polar surface area (TPSA) is 63.6 Å². The fourth-order valence-electron chi connectivity index (χ4n) is 4.96. The highest BCUT2D eigenvalue weighted by atomic mass is 16.5. The Morgan fingerprint density at radius 2 is 1.09 bits per heavy atom. The summed E-state index contributed by atoms with van der Waals surface area (Å²) in [7, 11) is 0. The molecule has 0 aliphatic heterocycles. The van der Waals surface area contributed by atoms with Gasteiger partial charge in [0, 0.05) is 0 Å². The Hall–Kier alpha value is -1.06. The normalized spacial score (nSPS) is 19.9. The van der Waals surface area contributed by atoms with Gasteiger partial charge in [0.2, 0.25) is 0 Å². The predicted molar refractivity (Wildman–Crippen MR) is 133 cm³/mol. The molecule has 0 aromatic carbocycles. The minimum Gasteiger partial charge on any atom is -0.481 e. The first kappa shape index (κ1) is 29.0. The zero-order valence-electron chi connectivity index (χ0n) is 21.6. The summed E-state index contributed by atoms with van der Waals surface area (Å²) in [6.07, 6.45) is 18.5. The monoisotopic (exact) mass is 452 g/mol. The number of esters is 1. The van der Waals surface area contributed by atoms with E-state index in [1.807, 2.05) is 0 Å². The summed E-state index contributed by atoms with van der Waals surface area (Å²) in [5, 5.41) is 9.52. The number of hydrogen-bond donors (Lipinski definition) is 1. The number of rotatable bonds is 18. The Balaban J connectivity index is 2.43. The summed E-state index contributed by atoms with van der Waals surface area (Å²) >= 11 is 0. The van der Waals surface area contributed by atoms with E-state index in [0.717, 1.165) is 50.4 Å². The molecule has 0 spiro atoms. The third kappa shape index (κ3) is 13.5. The number of carbonyl (C=O) groups excluding carboxylic acids is 1. The van der Waals surface area contributed by atoms with Crippen molar-refractivity contribution < 1.29 is 19.4 Å². The summed E-state index contributed by atoms with van der Waals surface area (Å²) in [6.45, 7) is 9.10. The average molecular weight is 453 g/mol. The molecule has 0 aromatic heterocycles. The summed E-state index contributed by atoms with van der Waals surface area (Å²) < 4.78 is 5.97. The van der Waals surface area contributed by atoms with Crippen molar-refractivity contribution in [1.29, 1.82) is 0 Å². The van der Waals surface area contributed by atoms with Crippen LogP contribution in [0.25, 0.3) is 0 Å². The maximum absolute atomic E-state index is 12.9. The van der Waals surface area contributed by atoms with Gasteiger partial charge >= 0.3 is 11.9 Å². The van der Waals surface area contributed by atoms with E-state index in [4.69, 9.17) is 4.74 Å². The van der Waals surface area contributed by atoms with Gasteiger partial charge in [-0.1, -0.05) is 98.3 Å². The van der Waals surface area contributed by atoms with Gasteiger partial charge in [0.15, 0.2) is 0 Å². The maximum Gasteiger partial charge on any atom is 0.310 e. The lowest BCUT2D eigenvalue weighted by Gasteiger charge is -2.29. The molecule has 1 N–H and O–H groups in total. The van der Waals surface area contributed by atoms with Crippen LogP contribution in [0.4, 0.5) is 0 Å². The summed E-state index contributed by atoms with van der Waals surface area (Å²) in [4.78, 5) is 24.5. The van der Waals surface area contributed by atoms with Crippen molar-refractivity contribution in [2.24, 2.45) is 23.7 Å². The highest BCUT2D eigenvalue weighted by Gasteiger charge is 2.37. The standard InChI is InChI=1S/C28H52O4/c1-22(2)16-10-7-5-6-8-12-18-24(19-13-9-11-17-23(3)4)32-28(31)26-21-15-14-20-25(26)27(29)30/h22-26H,5-21H2,1-4H3,(H,29,30). The van der Waals surface area contributed by atoms with E-state index in [1.54, 1.807) is 0 Å². The van der Waals surface area contributed by atoms with Gasteiger partial charge in [-0.25, -0.2) is 0 Å². The first-order valence-corrected chi connectivity index (χ1v) is 13.7. The summed E-state index contributed by atoms with van der Waals surface area (Å²) in [5.74, 6) is -0.564. The van der Waals surface area contributed by atoms with Crippen molar-refractivity contribution in [3.8, 4) is 0 Å². The zero-order chi connectivity index (χ0) is 23.8. The fraction of sp³-hybridized carbons (Fsp3) is 0.929. The molecule has 4 nitrogen and oxygen atoms in total. The molecule has 0 radical (unpaired) electrons. The molecule has 1 rings (SSSR count). The van der Waals surface area contributed by atoms with Gasteiger partial charge in [0.1, 0.15) is 6.10 Å². The number of carbonyl (C=O) groups is 2. The minimum absolute atomic E-state index is 0.0427. The Bertz CT molecular complexity index is 500. The van der Waals surface area contributed by atoms with Gasteiger partial charge < -0.3 is 9.84 Å². The molecule has 0 heterocycles. The second-order valence-electron chi connectivity index (χ2n) is 11.0. The molecule has 32 heavy (non-hydrogen) atoms. The van der Waals surface area contributed by atoms with Crippen LogP contribution in [-0.2, 0) is 14.3 Å². The highest BCUT2D eigenvalue weighted by Crippen LogP contribution is 2.32. The highest BCUT2D eigenvalue weighted by molar-refractivity contribution is 5.81. The Labute approximate surface area is 198 Å². The van der Waals surface area contributed by atoms with Crippen LogP contribution in [0.3, 0.4) is 0 Å². The number of aliphatic carboxylic acids is 1. The number of unbranched alkanes of at least 4 members (excludes halogenated alkanes) is 7. The van der Waals surface area contributed by atoms with Crippen LogP contribution in [0.1, 0.15) is 137 Å². The molecule has 1 fully saturated rings. The third-order valence-electron chi connectivity index (χ3n) is 7.03. The van der Waals surface area contributed by atoms with Crippen LogP contribution in [0, 0.1) is 23.7 Å². The quantitative estimate of drug-likeness (QED) is 0.168. The molecule has 0 amide bonds. The fourth-order valence-corrected chi connectivity index (χ4v) is 4.96. The van der Waals surface area contributed by atoms with Crippen LogP contribution in [0.5, 0.6) is 0 Å². The number of carboxylic acid groups (broad SMARTS) is 1. The minimum atomic E-state index is -0.839. The maximum atomic E-state index is 12.9. The van der Waals surface area contributed by atoms with Crippen molar-refractivity contribution in [2.45, 2.75) is 143 Å². The van der Waals surface area contributed by atoms with Gasteiger partial charge in [-0.05, 0) is 50.4 Å². The first-order chi connectivity index (χ1) is 15.3. The van der Waals surface area contributed by atoms with Crippen molar-refractivity contribution in [3.05, 3.63) is 0 Å². The average Bonchev–Trinajstić information content (AvgIpc) is 2.74. The molecular weight excluding hydrogens is 400 g/mol. The molecule has 1 aliphatic rings. The van der Waals surface area contributed by atoms with Crippen LogP contribution in [0.2, 0.25) is 0 Å². The lowest BCUT2D eigenvalue weighted by Crippen LogP contribution is -2.35.